The monoisotopic (exact) mass is 329 g/mol. The number of hydrogen-bond donors (Lipinski definition) is 1. The zero-order valence-corrected chi connectivity index (χ0v) is 15.8. The van der Waals surface area contributed by atoms with Gasteiger partial charge in [-0.2, -0.15) is 0 Å². The SMILES string of the molecule is Cc1noc(C)c1CNC(=O)C1CCC(C(=O)[O-])N1C1CC1.[Na+]. The molecule has 2 heterocycles. The van der Waals surface area contributed by atoms with Crippen LogP contribution in [0.15, 0.2) is 4.52 Å². The molecule has 0 radical (unpaired) electrons. The van der Waals surface area contributed by atoms with Crippen LogP contribution in [0.4, 0.5) is 0 Å². The zero-order chi connectivity index (χ0) is 15.9. The number of carboxylic acids is 1. The Hall–Kier alpha value is -0.890. The Bertz CT molecular complexity index is 580. The van der Waals surface area contributed by atoms with Crippen molar-refractivity contribution in [2.24, 2.45) is 0 Å². The summed E-state index contributed by atoms with van der Waals surface area (Å²) in [6.07, 6.45) is 2.94. The molecular formula is C15H20N3NaO4. The molecule has 120 valence electrons. The van der Waals surface area contributed by atoms with Crippen LogP contribution in [0.1, 0.15) is 42.7 Å². The van der Waals surface area contributed by atoms with Crippen molar-refractivity contribution in [3.05, 3.63) is 17.0 Å². The molecule has 2 aliphatic rings. The number of aliphatic carboxylic acids is 1. The molecule has 2 atom stereocenters. The van der Waals surface area contributed by atoms with Gasteiger partial charge in [-0.1, -0.05) is 5.16 Å². The summed E-state index contributed by atoms with van der Waals surface area (Å²) in [5, 5.41) is 18.0. The number of carbonyl (C=O) groups is 2. The number of nitrogens with zero attached hydrogens (tertiary/aromatic N) is 2. The van der Waals surface area contributed by atoms with E-state index >= 15 is 0 Å². The van der Waals surface area contributed by atoms with E-state index in [2.05, 4.69) is 10.5 Å². The molecule has 3 rings (SSSR count). The Balaban J connectivity index is 0.00000192. The van der Waals surface area contributed by atoms with Gasteiger partial charge in [-0.15, -0.1) is 0 Å². The Morgan fingerprint density at radius 1 is 1.26 bits per heavy atom. The summed E-state index contributed by atoms with van der Waals surface area (Å²) in [4.78, 5) is 25.5. The summed E-state index contributed by atoms with van der Waals surface area (Å²) in [5.74, 6) is -0.514. The summed E-state index contributed by atoms with van der Waals surface area (Å²) in [7, 11) is 0. The van der Waals surface area contributed by atoms with E-state index in [0.717, 1.165) is 24.1 Å². The van der Waals surface area contributed by atoms with Crippen LogP contribution in [0.5, 0.6) is 0 Å². The van der Waals surface area contributed by atoms with Crippen LogP contribution in [-0.4, -0.2) is 40.1 Å². The molecular weight excluding hydrogens is 309 g/mol. The van der Waals surface area contributed by atoms with E-state index in [9.17, 15) is 14.7 Å². The van der Waals surface area contributed by atoms with E-state index < -0.39 is 12.0 Å². The van der Waals surface area contributed by atoms with Gasteiger partial charge in [0, 0.05) is 18.2 Å². The Labute approximate surface area is 157 Å². The molecule has 1 saturated heterocycles. The molecule has 0 aromatic carbocycles. The van der Waals surface area contributed by atoms with Gasteiger partial charge < -0.3 is 19.7 Å². The van der Waals surface area contributed by atoms with Gasteiger partial charge in [-0.05, 0) is 39.5 Å². The first-order chi connectivity index (χ1) is 10.5. The van der Waals surface area contributed by atoms with E-state index in [-0.39, 0.29) is 47.5 Å². The van der Waals surface area contributed by atoms with E-state index in [4.69, 9.17) is 4.52 Å². The Morgan fingerprint density at radius 2 is 1.91 bits per heavy atom. The molecule has 7 nitrogen and oxygen atoms in total. The van der Waals surface area contributed by atoms with Gasteiger partial charge in [0.05, 0.1) is 23.7 Å². The first-order valence-electron chi connectivity index (χ1n) is 7.66. The fourth-order valence-corrected chi connectivity index (χ4v) is 3.27. The van der Waals surface area contributed by atoms with Crippen molar-refractivity contribution in [1.82, 2.24) is 15.4 Å². The predicted octanol–water partition coefficient (Wildman–Crippen LogP) is -3.34. The second-order valence-electron chi connectivity index (χ2n) is 6.13. The smallest absolute Gasteiger partial charge is 0.548 e. The summed E-state index contributed by atoms with van der Waals surface area (Å²) >= 11 is 0. The van der Waals surface area contributed by atoms with Crippen LogP contribution in [0.3, 0.4) is 0 Å². The van der Waals surface area contributed by atoms with Crippen molar-refractivity contribution in [1.29, 1.82) is 0 Å². The fourth-order valence-electron chi connectivity index (χ4n) is 3.27. The molecule has 1 aromatic heterocycles. The maximum atomic E-state index is 12.5. The topological polar surface area (TPSA) is 98.5 Å². The molecule has 0 spiro atoms. The maximum absolute atomic E-state index is 12.5. The first kappa shape index (κ1) is 18.4. The summed E-state index contributed by atoms with van der Waals surface area (Å²) < 4.78 is 5.07. The number of amides is 1. The molecule has 1 N–H and O–H groups in total. The molecule has 2 unspecified atom stereocenters. The van der Waals surface area contributed by atoms with Gasteiger partial charge >= 0.3 is 29.6 Å². The predicted molar refractivity (Wildman–Crippen MR) is 74.5 cm³/mol. The van der Waals surface area contributed by atoms with E-state index in [0.29, 0.717) is 25.1 Å². The van der Waals surface area contributed by atoms with Gasteiger partial charge in [-0.25, -0.2) is 0 Å². The van der Waals surface area contributed by atoms with Gasteiger partial charge in [0.1, 0.15) is 5.76 Å². The molecule has 1 aliphatic heterocycles. The molecule has 1 aliphatic carbocycles. The maximum Gasteiger partial charge on any atom is 1.00 e. The number of carbonyl (C=O) groups excluding carboxylic acids is 2. The molecule has 2 fully saturated rings. The minimum absolute atomic E-state index is 0. The van der Waals surface area contributed by atoms with Gasteiger partial charge in [-0.3, -0.25) is 9.69 Å². The largest absolute Gasteiger partial charge is 1.00 e. The quantitative estimate of drug-likeness (QED) is 0.567. The number of aromatic nitrogens is 1. The van der Waals surface area contributed by atoms with Crippen LogP contribution in [0.25, 0.3) is 0 Å². The van der Waals surface area contributed by atoms with Gasteiger partial charge in [0.15, 0.2) is 0 Å². The van der Waals surface area contributed by atoms with E-state index in [1.165, 1.54) is 0 Å². The summed E-state index contributed by atoms with van der Waals surface area (Å²) in [5.41, 5.74) is 1.64. The number of rotatable bonds is 5. The van der Waals surface area contributed by atoms with Crippen LogP contribution in [0, 0.1) is 13.8 Å². The van der Waals surface area contributed by atoms with Crippen LogP contribution in [0.2, 0.25) is 0 Å². The van der Waals surface area contributed by atoms with Crippen molar-refractivity contribution in [2.45, 2.75) is 64.2 Å². The van der Waals surface area contributed by atoms with Crippen LogP contribution < -0.4 is 40.0 Å². The van der Waals surface area contributed by atoms with Crippen molar-refractivity contribution in [3.8, 4) is 0 Å². The zero-order valence-electron chi connectivity index (χ0n) is 13.8. The minimum atomic E-state index is -1.08. The minimum Gasteiger partial charge on any atom is -0.548 e. The standard InChI is InChI=1S/C15H21N3O4.Na/c1-8-11(9(2)22-17-8)7-16-14(19)12-5-6-13(15(20)21)18(12)10-3-4-10;/h10,12-13H,3-7H2,1-2H3,(H,16,19)(H,20,21);/q;+1/p-1. The van der Waals surface area contributed by atoms with Crippen molar-refractivity contribution in [3.63, 3.8) is 0 Å². The summed E-state index contributed by atoms with van der Waals surface area (Å²) in [6, 6.07) is -0.807. The van der Waals surface area contributed by atoms with E-state index in [1.54, 1.807) is 6.92 Å². The molecule has 1 aromatic rings. The third-order valence-corrected chi connectivity index (χ3v) is 4.60. The normalized spacial score (nSPS) is 24.3. The second-order valence-corrected chi connectivity index (χ2v) is 6.13. The van der Waals surface area contributed by atoms with Crippen molar-refractivity contribution >= 4 is 11.9 Å². The van der Waals surface area contributed by atoms with Gasteiger partial charge in [0.2, 0.25) is 5.91 Å². The van der Waals surface area contributed by atoms with Crippen molar-refractivity contribution in [2.75, 3.05) is 0 Å². The second kappa shape index (κ2) is 7.34. The number of hydrogen-bond acceptors (Lipinski definition) is 6. The van der Waals surface area contributed by atoms with Crippen LogP contribution in [-0.2, 0) is 16.1 Å². The third kappa shape index (κ3) is 3.79. The number of carboxylic acid groups (broad SMARTS) is 1. The van der Waals surface area contributed by atoms with Crippen molar-refractivity contribution < 1.29 is 48.8 Å². The average molecular weight is 329 g/mol. The van der Waals surface area contributed by atoms with E-state index in [1.807, 2.05) is 11.8 Å². The fraction of sp³-hybridized carbons (Fsp3) is 0.667. The molecule has 23 heavy (non-hydrogen) atoms. The molecule has 0 bridgehead atoms. The molecule has 8 heteroatoms. The molecule has 1 saturated carbocycles. The Kier molecular flexibility index (Phi) is 5.89. The average Bonchev–Trinajstić information content (AvgIpc) is 3.13. The first-order valence-corrected chi connectivity index (χ1v) is 7.66. The number of aryl methyl sites for hydroxylation is 2. The Morgan fingerprint density at radius 3 is 2.43 bits per heavy atom. The summed E-state index contributed by atoms with van der Waals surface area (Å²) in [6.45, 7) is 3.99. The number of nitrogens with one attached hydrogen (secondary N) is 1. The third-order valence-electron chi connectivity index (χ3n) is 4.60. The number of likely N-dealkylation sites (tertiary alicyclic amines) is 1. The van der Waals surface area contributed by atoms with Crippen LogP contribution >= 0.6 is 0 Å². The molecule has 1 amide bonds. The van der Waals surface area contributed by atoms with Gasteiger partial charge in [0.25, 0.3) is 0 Å².